The molecule has 8 nitrogen and oxygen atoms in total. The van der Waals surface area contributed by atoms with E-state index in [0.717, 1.165) is 39.0 Å². The largest absolute Gasteiger partial charge is 0.497 e. The Morgan fingerprint density at radius 2 is 1.62 bits per heavy atom. The summed E-state index contributed by atoms with van der Waals surface area (Å²) < 4.78 is 24.9. The summed E-state index contributed by atoms with van der Waals surface area (Å²) in [5, 5.41) is 6.91. The van der Waals surface area contributed by atoms with Gasteiger partial charge in [0.15, 0.2) is 23.0 Å². The lowest BCUT2D eigenvalue weighted by Crippen LogP contribution is -2.15. The second kappa shape index (κ2) is 9.33. The zero-order chi connectivity index (χ0) is 26.3. The third-order valence-corrected chi connectivity index (χ3v) is 7.02. The van der Waals surface area contributed by atoms with Gasteiger partial charge < -0.3 is 18.9 Å². The minimum Gasteiger partial charge on any atom is -0.497 e. The quantitative estimate of drug-likeness (QED) is 0.262. The predicted molar refractivity (Wildman–Crippen MR) is 146 cm³/mol. The fraction of sp³-hybridized carbons (Fsp3) is 0.129. The number of para-hydroxylation sites is 2. The van der Waals surface area contributed by atoms with Gasteiger partial charge in [0.1, 0.15) is 24.4 Å². The molecule has 0 saturated heterocycles. The van der Waals surface area contributed by atoms with Crippen LogP contribution >= 0.6 is 0 Å². The molecule has 0 unspecified atom stereocenters. The smallest absolute Gasteiger partial charge is 0.228 e. The van der Waals surface area contributed by atoms with E-state index in [1.165, 1.54) is 0 Å². The molecule has 0 N–H and O–H groups in total. The van der Waals surface area contributed by atoms with Crippen LogP contribution in [0.1, 0.15) is 28.4 Å². The van der Waals surface area contributed by atoms with E-state index in [9.17, 15) is 0 Å². The molecule has 2 aromatic heterocycles. The number of hydrogen-bond donors (Lipinski definition) is 0. The van der Waals surface area contributed by atoms with Crippen LogP contribution in [-0.4, -0.2) is 33.8 Å². The maximum Gasteiger partial charge on any atom is 0.228 e. The van der Waals surface area contributed by atoms with Gasteiger partial charge in [0, 0.05) is 11.5 Å². The fourth-order valence-corrected chi connectivity index (χ4v) is 5.22. The average Bonchev–Trinajstić information content (AvgIpc) is 3.42. The fourth-order valence-electron chi connectivity index (χ4n) is 5.22. The summed E-state index contributed by atoms with van der Waals surface area (Å²) in [5.74, 6) is 3.68. The molecule has 8 heteroatoms. The molecule has 0 spiro atoms. The number of methoxy groups -OCH3 is 2. The normalized spacial score (nSPS) is 13.9. The van der Waals surface area contributed by atoms with Gasteiger partial charge in [0.05, 0.1) is 19.8 Å². The van der Waals surface area contributed by atoms with Crippen molar-refractivity contribution in [1.29, 1.82) is 0 Å². The Labute approximate surface area is 224 Å². The van der Waals surface area contributed by atoms with Crippen LogP contribution in [0.5, 0.6) is 28.9 Å². The zero-order valence-corrected chi connectivity index (χ0v) is 21.4. The Kier molecular flexibility index (Phi) is 5.51. The van der Waals surface area contributed by atoms with Gasteiger partial charge in [-0.15, -0.1) is 5.10 Å². The van der Waals surface area contributed by atoms with Crippen molar-refractivity contribution in [1.82, 2.24) is 19.6 Å². The van der Waals surface area contributed by atoms with Crippen LogP contribution in [0.15, 0.2) is 91.3 Å². The zero-order valence-electron chi connectivity index (χ0n) is 21.4. The molecule has 1 aliphatic heterocycles. The highest BCUT2D eigenvalue weighted by Gasteiger charge is 2.34. The first-order valence-corrected chi connectivity index (χ1v) is 12.6. The van der Waals surface area contributed by atoms with Crippen LogP contribution in [0.3, 0.4) is 0 Å². The number of benzene rings is 4. The van der Waals surface area contributed by atoms with Crippen molar-refractivity contribution in [2.24, 2.45) is 0 Å². The number of rotatable bonds is 6. The van der Waals surface area contributed by atoms with E-state index in [-0.39, 0.29) is 12.5 Å². The summed E-state index contributed by atoms with van der Waals surface area (Å²) in [6.07, 6.45) is 1.63. The molecule has 0 amide bonds. The Hall–Kier alpha value is -5.11. The van der Waals surface area contributed by atoms with Gasteiger partial charge in [0.25, 0.3) is 0 Å². The molecule has 0 radical (unpaired) electrons. The SMILES string of the molecule is COc1ccc([C@@H]2c3c(ccc4ccccc34)Oc3ncn4nc(COc5ccccc5OC)nc4c32)cc1. The van der Waals surface area contributed by atoms with E-state index in [0.29, 0.717) is 28.9 Å². The standard InChI is InChI=1S/C31H24N4O4/c1-36-21-14-11-20(12-15-21)27-28-22-8-4-3-7-19(22)13-16-25(28)39-31-29(27)30-33-26(34-35(30)18-32-31)17-38-24-10-6-5-9-23(24)37-2/h3-16,18,27H,17H2,1-2H3/t27-/m1/s1. The molecule has 1 atom stereocenters. The molecule has 192 valence electrons. The van der Waals surface area contributed by atoms with Crippen molar-refractivity contribution < 1.29 is 18.9 Å². The molecule has 0 aliphatic carbocycles. The Morgan fingerprint density at radius 3 is 2.44 bits per heavy atom. The van der Waals surface area contributed by atoms with Crippen molar-refractivity contribution >= 4 is 16.4 Å². The Bertz CT molecular complexity index is 1830. The van der Waals surface area contributed by atoms with E-state index in [2.05, 4.69) is 40.4 Å². The number of ether oxygens (including phenoxy) is 4. The average molecular weight is 517 g/mol. The lowest BCUT2D eigenvalue weighted by Gasteiger charge is -2.29. The molecule has 6 aromatic rings. The highest BCUT2D eigenvalue weighted by molar-refractivity contribution is 5.90. The van der Waals surface area contributed by atoms with E-state index in [4.69, 9.17) is 23.9 Å². The highest BCUT2D eigenvalue weighted by atomic mass is 16.5. The molecular formula is C31H24N4O4. The lowest BCUT2D eigenvalue weighted by molar-refractivity contribution is 0.276. The molecule has 3 heterocycles. The minimum absolute atomic E-state index is 0.171. The number of aromatic nitrogens is 4. The Morgan fingerprint density at radius 1 is 0.821 bits per heavy atom. The van der Waals surface area contributed by atoms with Crippen molar-refractivity contribution in [3.63, 3.8) is 0 Å². The van der Waals surface area contributed by atoms with Gasteiger partial charge >= 0.3 is 0 Å². The van der Waals surface area contributed by atoms with Crippen LogP contribution in [0.4, 0.5) is 0 Å². The Balaban J connectivity index is 1.38. The van der Waals surface area contributed by atoms with Gasteiger partial charge in [-0.2, -0.15) is 0 Å². The van der Waals surface area contributed by atoms with Gasteiger partial charge in [-0.25, -0.2) is 14.5 Å². The van der Waals surface area contributed by atoms with E-state index >= 15 is 0 Å². The maximum absolute atomic E-state index is 6.39. The summed E-state index contributed by atoms with van der Waals surface area (Å²) in [6.45, 7) is 0.171. The first-order valence-electron chi connectivity index (χ1n) is 12.6. The van der Waals surface area contributed by atoms with Crippen molar-refractivity contribution in [3.8, 4) is 28.9 Å². The van der Waals surface area contributed by atoms with Crippen molar-refractivity contribution in [3.05, 3.63) is 114 Å². The summed E-state index contributed by atoms with van der Waals surface area (Å²) in [4.78, 5) is 9.55. The summed E-state index contributed by atoms with van der Waals surface area (Å²) in [5.41, 5.74) is 3.65. The second-order valence-corrected chi connectivity index (χ2v) is 9.21. The molecule has 7 rings (SSSR count). The van der Waals surface area contributed by atoms with Gasteiger partial charge in [0.2, 0.25) is 5.88 Å². The van der Waals surface area contributed by atoms with Crippen molar-refractivity contribution in [2.45, 2.75) is 12.5 Å². The summed E-state index contributed by atoms with van der Waals surface area (Å²) >= 11 is 0. The maximum atomic E-state index is 6.39. The highest BCUT2D eigenvalue weighted by Crippen LogP contribution is 2.50. The monoisotopic (exact) mass is 516 g/mol. The molecular weight excluding hydrogens is 492 g/mol. The third kappa shape index (κ3) is 3.88. The minimum atomic E-state index is -0.191. The van der Waals surface area contributed by atoms with Crippen LogP contribution < -0.4 is 18.9 Å². The molecule has 39 heavy (non-hydrogen) atoms. The molecule has 0 fully saturated rings. The summed E-state index contributed by atoms with van der Waals surface area (Å²) in [7, 11) is 3.28. The van der Waals surface area contributed by atoms with Crippen molar-refractivity contribution in [2.75, 3.05) is 14.2 Å². The third-order valence-electron chi connectivity index (χ3n) is 7.02. The second-order valence-electron chi connectivity index (χ2n) is 9.21. The van der Waals surface area contributed by atoms with Gasteiger partial charge in [-0.3, -0.25) is 0 Å². The molecule has 0 saturated carbocycles. The predicted octanol–water partition coefficient (Wildman–Crippen LogP) is 6.16. The lowest BCUT2D eigenvalue weighted by atomic mass is 9.81. The van der Waals surface area contributed by atoms with Gasteiger partial charge in [-0.05, 0) is 46.7 Å². The topological polar surface area (TPSA) is 80.0 Å². The van der Waals surface area contributed by atoms with Gasteiger partial charge in [-0.1, -0.05) is 54.6 Å². The number of fused-ring (bicyclic) bond motifs is 6. The molecule has 0 bridgehead atoms. The van der Waals surface area contributed by atoms with E-state index in [1.54, 1.807) is 25.1 Å². The number of hydrogen-bond acceptors (Lipinski definition) is 7. The van der Waals surface area contributed by atoms with Crippen LogP contribution in [0.2, 0.25) is 0 Å². The molecule has 4 aromatic carbocycles. The van der Waals surface area contributed by atoms with Crippen LogP contribution in [-0.2, 0) is 6.61 Å². The summed E-state index contributed by atoms with van der Waals surface area (Å²) in [6, 6.07) is 28.0. The first kappa shape index (κ1) is 23.0. The van der Waals surface area contributed by atoms with E-state index < -0.39 is 0 Å². The van der Waals surface area contributed by atoms with E-state index in [1.807, 2.05) is 54.6 Å². The number of nitrogens with zero attached hydrogens (tertiary/aromatic N) is 4. The van der Waals surface area contributed by atoms with Crippen LogP contribution in [0.25, 0.3) is 16.4 Å². The van der Waals surface area contributed by atoms with Crippen LogP contribution in [0, 0.1) is 0 Å². The first-order chi connectivity index (χ1) is 19.2. The molecule has 1 aliphatic rings.